The summed E-state index contributed by atoms with van der Waals surface area (Å²) in [6.07, 6.45) is 7.26. The van der Waals surface area contributed by atoms with Crippen molar-refractivity contribution in [2.75, 3.05) is 5.32 Å². The highest BCUT2D eigenvalue weighted by Gasteiger charge is 2.26. The molecular formula is C14H25N3. The Morgan fingerprint density at radius 3 is 2.76 bits per heavy atom. The molecule has 3 heteroatoms. The molecule has 0 saturated heterocycles. The first-order chi connectivity index (χ1) is 8.10. The van der Waals surface area contributed by atoms with Crippen LogP contribution in [0.4, 0.5) is 5.95 Å². The average molecular weight is 235 g/mol. The summed E-state index contributed by atoms with van der Waals surface area (Å²) in [6.45, 7) is 8.90. The van der Waals surface area contributed by atoms with Gasteiger partial charge in [-0.05, 0) is 39.0 Å². The molecule has 2 rings (SSSR count). The number of hydrogen-bond acceptors (Lipinski definition) is 2. The van der Waals surface area contributed by atoms with Crippen LogP contribution in [0, 0.1) is 12.8 Å². The first kappa shape index (κ1) is 12.5. The Morgan fingerprint density at radius 1 is 1.47 bits per heavy atom. The first-order valence-electron chi connectivity index (χ1n) is 6.92. The van der Waals surface area contributed by atoms with Gasteiger partial charge in [0, 0.05) is 18.3 Å². The summed E-state index contributed by atoms with van der Waals surface area (Å²) in [7, 11) is 0. The van der Waals surface area contributed by atoms with Crippen LogP contribution in [0.25, 0.3) is 0 Å². The number of nitrogens with one attached hydrogen (secondary N) is 1. The molecule has 1 saturated carbocycles. The highest BCUT2D eigenvalue weighted by atomic mass is 15.2. The lowest BCUT2D eigenvalue weighted by Crippen LogP contribution is -2.20. The monoisotopic (exact) mass is 235 g/mol. The molecule has 2 atom stereocenters. The van der Waals surface area contributed by atoms with Crippen molar-refractivity contribution in [3.8, 4) is 0 Å². The molecular weight excluding hydrogens is 210 g/mol. The van der Waals surface area contributed by atoms with Gasteiger partial charge in [-0.25, -0.2) is 4.98 Å². The van der Waals surface area contributed by atoms with E-state index >= 15 is 0 Å². The second-order valence-electron chi connectivity index (χ2n) is 5.64. The predicted molar refractivity (Wildman–Crippen MR) is 72.4 cm³/mol. The summed E-state index contributed by atoms with van der Waals surface area (Å²) in [5, 5.41) is 3.57. The number of hydrogen-bond donors (Lipinski definition) is 1. The van der Waals surface area contributed by atoms with Gasteiger partial charge >= 0.3 is 0 Å². The van der Waals surface area contributed by atoms with E-state index in [2.05, 4.69) is 48.8 Å². The van der Waals surface area contributed by atoms with Crippen LogP contribution in [0.2, 0.25) is 0 Å². The fourth-order valence-electron chi connectivity index (χ4n) is 2.30. The zero-order valence-electron chi connectivity index (χ0n) is 11.5. The molecule has 1 heterocycles. The van der Waals surface area contributed by atoms with E-state index in [1.807, 2.05) is 0 Å². The minimum Gasteiger partial charge on any atom is -0.353 e. The third kappa shape index (κ3) is 3.24. The van der Waals surface area contributed by atoms with Crippen molar-refractivity contribution in [1.29, 1.82) is 0 Å². The van der Waals surface area contributed by atoms with Crippen LogP contribution in [-0.2, 0) is 0 Å². The van der Waals surface area contributed by atoms with Crippen LogP contribution in [-0.4, -0.2) is 15.6 Å². The van der Waals surface area contributed by atoms with E-state index in [1.165, 1.54) is 25.7 Å². The lowest BCUT2D eigenvalue weighted by atomic mass is 10.0. The average Bonchev–Trinajstić information content (AvgIpc) is 3.04. The fourth-order valence-corrected chi connectivity index (χ4v) is 2.30. The second kappa shape index (κ2) is 5.11. The second-order valence-corrected chi connectivity index (χ2v) is 5.64. The molecule has 1 fully saturated rings. The number of rotatable bonds is 6. The predicted octanol–water partition coefficient (Wildman–Crippen LogP) is 3.76. The standard InChI is InChI=1S/C14H25N3/c1-5-10(2)8-11(3)15-14-16-12(4)9-17(14)13-6-7-13/h9-11,13H,5-8H2,1-4H3,(H,15,16). The van der Waals surface area contributed by atoms with Gasteiger partial charge in [0.1, 0.15) is 0 Å². The maximum absolute atomic E-state index is 4.60. The Kier molecular flexibility index (Phi) is 3.75. The first-order valence-corrected chi connectivity index (χ1v) is 6.92. The van der Waals surface area contributed by atoms with Crippen LogP contribution >= 0.6 is 0 Å². The number of aryl methyl sites for hydroxylation is 1. The Bertz CT molecular complexity index is 366. The van der Waals surface area contributed by atoms with Gasteiger partial charge in [-0.15, -0.1) is 0 Å². The highest BCUT2D eigenvalue weighted by Crippen LogP contribution is 2.37. The highest BCUT2D eigenvalue weighted by molar-refractivity contribution is 5.31. The molecule has 1 aromatic rings. The van der Waals surface area contributed by atoms with Crippen molar-refractivity contribution in [1.82, 2.24) is 9.55 Å². The number of aromatic nitrogens is 2. The SMILES string of the molecule is CCC(C)CC(C)Nc1nc(C)cn1C1CC1. The smallest absolute Gasteiger partial charge is 0.203 e. The molecule has 3 nitrogen and oxygen atoms in total. The quantitative estimate of drug-likeness (QED) is 0.813. The van der Waals surface area contributed by atoms with Crippen molar-refractivity contribution < 1.29 is 0 Å². The van der Waals surface area contributed by atoms with E-state index in [1.54, 1.807) is 0 Å². The Hall–Kier alpha value is -0.990. The molecule has 1 aliphatic carbocycles. The van der Waals surface area contributed by atoms with Gasteiger partial charge in [-0.1, -0.05) is 20.3 Å². The van der Waals surface area contributed by atoms with E-state index in [4.69, 9.17) is 0 Å². The Labute approximate surface area is 105 Å². The van der Waals surface area contributed by atoms with Gasteiger partial charge < -0.3 is 9.88 Å². The fraction of sp³-hybridized carbons (Fsp3) is 0.786. The molecule has 0 radical (unpaired) electrons. The maximum atomic E-state index is 4.60. The lowest BCUT2D eigenvalue weighted by Gasteiger charge is -2.18. The lowest BCUT2D eigenvalue weighted by molar-refractivity contribution is 0.481. The van der Waals surface area contributed by atoms with Gasteiger partial charge in [0.15, 0.2) is 0 Å². The van der Waals surface area contributed by atoms with Gasteiger partial charge in [0.2, 0.25) is 5.95 Å². The Morgan fingerprint density at radius 2 is 2.18 bits per heavy atom. The van der Waals surface area contributed by atoms with E-state index in [-0.39, 0.29) is 0 Å². The third-order valence-electron chi connectivity index (χ3n) is 3.62. The summed E-state index contributed by atoms with van der Waals surface area (Å²) in [5.74, 6) is 1.85. The van der Waals surface area contributed by atoms with Gasteiger partial charge in [-0.3, -0.25) is 0 Å². The zero-order valence-corrected chi connectivity index (χ0v) is 11.5. The number of imidazole rings is 1. The van der Waals surface area contributed by atoms with E-state index in [0.717, 1.165) is 17.6 Å². The number of anilines is 1. The molecule has 0 aliphatic heterocycles. The molecule has 0 aromatic carbocycles. The van der Waals surface area contributed by atoms with E-state index in [0.29, 0.717) is 12.1 Å². The van der Waals surface area contributed by atoms with Crippen LogP contribution in [0.5, 0.6) is 0 Å². The molecule has 0 bridgehead atoms. The molecule has 0 amide bonds. The van der Waals surface area contributed by atoms with E-state index < -0.39 is 0 Å². The summed E-state index contributed by atoms with van der Waals surface area (Å²) in [6, 6.07) is 1.21. The van der Waals surface area contributed by atoms with Gasteiger partial charge in [-0.2, -0.15) is 0 Å². The number of nitrogens with zero attached hydrogens (tertiary/aromatic N) is 2. The van der Waals surface area contributed by atoms with Crippen molar-refractivity contribution in [2.24, 2.45) is 5.92 Å². The zero-order chi connectivity index (χ0) is 12.4. The van der Waals surface area contributed by atoms with Crippen molar-refractivity contribution in [3.05, 3.63) is 11.9 Å². The van der Waals surface area contributed by atoms with Crippen molar-refractivity contribution in [3.63, 3.8) is 0 Å². The Balaban J connectivity index is 1.97. The van der Waals surface area contributed by atoms with Crippen molar-refractivity contribution >= 4 is 5.95 Å². The normalized spacial score (nSPS) is 19.1. The summed E-state index contributed by atoms with van der Waals surface area (Å²) < 4.78 is 2.32. The topological polar surface area (TPSA) is 29.9 Å². The molecule has 2 unspecified atom stereocenters. The van der Waals surface area contributed by atoms with Crippen LogP contribution in [0.15, 0.2) is 6.20 Å². The molecule has 17 heavy (non-hydrogen) atoms. The molecule has 1 aliphatic rings. The van der Waals surface area contributed by atoms with Crippen LogP contribution < -0.4 is 5.32 Å². The minimum atomic E-state index is 0.504. The van der Waals surface area contributed by atoms with Crippen LogP contribution in [0.3, 0.4) is 0 Å². The maximum Gasteiger partial charge on any atom is 0.203 e. The summed E-state index contributed by atoms with van der Waals surface area (Å²) >= 11 is 0. The third-order valence-corrected chi connectivity index (χ3v) is 3.62. The summed E-state index contributed by atoms with van der Waals surface area (Å²) in [4.78, 5) is 4.60. The molecule has 1 N–H and O–H groups in total. The van der Waals surface area contributed by atoms with E-state index in [9.17, 15) is 0 Å². The molecule has 96 valence electrons. The molecule has 1 aromatic heterocycles. The van der Waals surface area contributed by atoms with Gasteiger partial charge in [0.05, 0.1) is 5.69 Å². The van der Waals surface area contributed by atoms with Gasteiger partial charge in [0.25, 0.3) is 0 Å². The van der Waals surface area contributed by atoms with Crippen molar-refractivity contribution in [2.45, 2.75) is 65.5 Å². The minimum absolute atomic E-state index is 0.504. The van der Waals surface area contributed by atoms with Crippen LogP contribution in [0.1, 0.15) is 58.2 Å². The summed E-state index contributed by atoms with van der Waals surface area (Å²) in [5.41, 5.74) is 1.12. The largest absolute Gasteiger partial charge is 0.353 e. The molecule has 0 spiro atoms.